The van der Waals surface area contributed by atoms with Gasteiger partial charge in [-0.05, 0) is 56.5 Å². The van der Waals surface area contributed by atoms with Crippen LogP contribution in [-0.4, -0.2) is 44.6 Å². The number of nitrogens with two attached hydrogens (primary N) is 1. The monoisotopic (exact) mass is 526 g/mol. The molecule has 1 aliphatic heterocycles. The Bertz CT molecular complexity index is 1330. The minimum absolute atomic E-state index is 0.00673. The van der Waals surface area contributed by atoms with E-state index in [0.717, 1.165) is 18.4 Å². The molecular weight excluding hydrogens is 496 g/mol. The number of carbonyl (C=O) groups excluding carboxylic acids is 2. The number of unbranched alkanes of at least 4 members (excludes halogenated alkanes) is 1. The number of aromatic nitrogens is 2. The van der Waals surface area contributed by atoms with Gasteiger partial charge in [-0.1, -0.05) is 60.8 Å². The lowest BCUT2D eigenvalue weighted by Gasteiger charge is -2.33. The van der Waals surface area contributed by atoms with E-state index >= 15 is 0 Å². The number of likely N-dealkylation sites (tertiary alicyclic amines) is 1. The molecule has 1 atom stereocenters. The largest absolute Gasteiger partial charge is 0.369 e. The van der Waals surface area contributed by atoms with E-state index in [0.29, 0.717) is 59.1 Å². The van der Waals surface area contributed by atoms with Crippen LogP contribution in [0.3, 0.4) is 0 Å². The Hall–Kier alpha value is -2.84. The molecule has 1 unspecified atom stereocenters. The van der Waals surface area contributed by atoms with Crippen molar-refractivity contribution in [2.24, 2.45) is 11.7 Å². The number of piperidine rings is 1. The Morgan fingerprint density at radius 1 is 1.19 bits per heavy atom. The van der Waals surface area contributed by atoms with Crippen molar-refractivity contribution in [3.8, 4) is 5.69 Å². The van der Waals surface area contributed by atoms with Crippen molar-refractivity contribution in [1.29, 1.82) is 0 Å². The van der Waals surface area contributed by atoms with Crippen molar-refractivity contribution in [2.75, 3.05) is 13.1 Å². The summed E-state index contributed by atoms with van der Waals surface area (Å²) >= 11 is 7.59. The van der Waals surface area contributed by atoms with Gasteiger partial charge in [0, 0.05) is 24.0 Å². The van der Waals surface area contributed by atoms with Crippen LogP contribution in [-0.2, 0) is 9.59 Å². The van der Waals surface area contributed by atoms with Gasteiger partial charge in [0.05, 0.1) is 21.8 Å². The minimum Gasteiger partial charge on any atom is -0.369 e. The molecule has 1 saturated heterocycles. The molecule has 7 nitrogen and oxygen atoms in total. The predicted octanol–water partition coefficient (Wildman–Crippen LogP) is 4.72. The maximum atomic E-state index is 13.7. The molecule has 3 aromatic rings. The highest BCUT2D eigenvalue weighted by atomic mass is 35.5. The number of fused-ring (bicyclic) bond motifs is 1. The van der Waals surface area contributed by atoms with Crippen LogP contribution in [0.5, 0.6) is 0 Å². The first-order valence-corrected chi connectivity index (χ1v) is 13.6. The first-order chi connectivity index (χ1) is 17.3. The summed E-state index contributed by atoms with van der Waals surface area (Å²) in [5.41, 5.74) is 7.44. The molecular formula is C27H31ClN4O3S. The van der Waals surface area contributed by atoms with E-state index in [1.54, 1.807) is 22.8 Å². The summed E-state index contributed by atoms with van der Waals surface area (Å²) in [6, 6.07) is 12.7. The Labute approximate surface area is 220 Å². The molecule has 0 spiro atoms. The third kappa shape index (κ3) is 5.76. The number of thioether (sulfide) groups is 1. The van der Waals surface area contributed by atoms with Crippen LogP contribution in [0, 0.1) is 12.8 Å². The summed E-state index contributed by atoms with van der Waals surface area (Å²) in [5.74, 6) is -0.484. The third-order valence-electron chi connectivity index (χ3n) is 6.61. The second kappa shape index (κ2) is 11.5. The van der Waals surface area contributed by atoms with E-state index in [9.17, 15) is 14.4 Å². The van der Waals surface area contributed by atoms with Crippen LogP contribution in [0.25, 0.3) is 16.6 Å². The lowest BCUT2D eigenvalue weighted by atomic mass is 9.96. The van der Waals surface area contributed by atoms with E-state index in [1.807, 2.05) is 36.1 Å². The molecule has 2 N–H and O–H groups in total. The Kier molecular flexibility index (Phi) is 8.36. The summed E-state index contributed by atoms with van der Waals surface area (Å²) in [5, 5.41) is 1.08. The summed E-state index contributed by atoms with van der Waals surface area (Å²) in [6.07, 6.45) is 3.63. The van der Waals surface area contributed by atoms with Crippen molar-refractivity contribution in [1.82, 2.24) is 14.5 Å². The Morgan fingerprint density at radius 3 is 2.61 bits per heavy atom. The zero-order valence-corrected chi connectivity index (χ0v) is 22.1. The van der Waals surface area contributed by atoms with Gasteiger partial charge in [0.25, 0.3) is 5.56 Å². The van der Waals surface area contributed by atoms with E-state index in [4.69, 9.17) is 22.3 Å². The van der Waals surface area contributed by atoms with Crippen LogP contribution in [0.15, 0.2) is 52.4 Å². The molecule has 190 valence electrons. The second-order valence-electron chi connectivity index (χ2n) is 9.29. The van der Waals surface area contributed by atoms with Gasteiger partial charge in [-0.25, -0.2) is 4.98 Å². The van der Waals surface area contributed by atoms with Crippen molar-refractivity contribution in [2.45, 2.75) is 56.4 Å². The lowest BCUT2D eigenvalue weighted by Crippen LogP contribution is -2.45. The topological polar surface area (TPSA) is 98.3 Å². The van der Waals surface area contributed by atoms with Gasteiger partial charge in [0.1, 0.15) is 0 Å². The third-order valence-corrected chi connectivity index (χ3v) is 8.05. The minimum atomic E-state index is -0.407. The first kappa shape index (κ1) is 26.2. The van der Waals surface area contributed by atoms with E-state index in [2.05, 4.69) is 6.92 Å². The van der Waals surface area contributed by atoms with E-state index in [1.165, 1.54) is 11.8 Å². The fraction of sp³-hybridized carbons (Fsp3) is 0.407. The number of benzene rings is 2. The number of aryl methyl sites for hydroxylation is 1. The van der Waals surface area contributed by atoms with Crippen molar-refractivity contribution < 1.29 is 9.59 Å². The Balaban J connectivity index is 1.74. The second-order valence-corrected chi connectivity index (χ2v) is 10.9. The molecule has 1 aliphatic rings. The van der Waals surface area contributed by atoms with Gasteiger partial charge in [0.2, 0.25) is 11.8 Å². The first-order valence-electron chi connectivity index (χ1n) is 12.3. The van der Waals surface area contributed by atoms with Crippen LogP contribution in [0.2, 0.25) is 5.02 Å². The fourth-order valence-electron chi connectivity index (χ4n) is 4.54. The standard InChI is InChI=1S/C27H31ClN4O3S/c1-3-4-8-23(26(35)31-13-11-18(12-14-31)24(29)33)36-27-30-22-10-9-17(2)15-21(22)25(34)32(27)20-7-5-6-19(28)16-20/h5-7,9-10,15-16,18,23H,3-4,8,11-14H2,1-2H3,(H2,29,33). The summed E-state index contributed by atoms with van der Waals surface area (Å²) in [7, 11) is 0. The Morgan fingerprint density at radius 2 is 1.94 bits per heavy atom. The number of amides is 2. The number of halogens is 1. The van der Waals surface area contributed by atoms with Crippen molar-refractivity contribution in [3.05, 3.63) is 63.4 Å². The van der Waals surface area contributed by atoms with Gasteiger partial charge in [-0.3, -0.25) is 19.0 Å². The number of hydrogen-bond acceptors (Lipinski definition) is 5. The molecule has 4 rings (SSSR count). The zero-order valence-electron chi connectivity index (χ0n) is 20.6. The maximum absolute atomic E-state index is 13.7. The SMILES string of the molecule is CCCCC(Sc1nc2ccc(C)cc2c(=O)n1-c1cccc(Cl)c1)C(=O)N1CCC(C(N)=O)CC1. The molecule has 36 heavy (non-hydrogen) atoms. The number of hydrogen-bond donors (Lipinski definition) is 1. The maximum Gasteiger partial charge on any atom is 0.266 e. The number of primary amides is 1. The van der Waals surface area contributed by atoms with E-state index < -0.39 is 5.25 Å². The van der Waals surface area contributed by atoms with Crippen molar-refractivity contribution >= 4 is 46.1 Å². The van der Waals surface area contributed by atoms with Crippen LogP contribution < -0.4 is 11.3 Å². The van der Waals surface area contributed by atoms with Crippen molar-refractivity contribution in [3.63, 3.8) is 0 Å². The molecule has 2 amide bonds. The van der Waals surface area contributed by atoms with Gasteiger partial charge in [0.15, 0.2) is 5.16 Å². The smallest absolute Gasteiger partial charge is 0.266 e. The van der Waals surface area contributed by atoms with Gasteiger partial charge in [-0.15, -0.1) is 0 Å². The highest BCUT2D eigenvalue weighted by molar-refractivity contribution is 8.00. The van der Waals surface area contributed by atoms with Gasteiger partial charge in [-0.2, -0.15) is 0 Å². The molecule has 1 fully saturated rings. The molecule has 9 heteroatoms. The molecule has 0 aliphatic carbocycles. The number of nitrogens with zero attached hydrogens (tertiary/aromatic N) is 3. The zero-order chi connectivity index (χ0) is 25.8. The van der Waals surface area contributed by atoms with Crippen LogP contribution >= 0.6 is 23.4 Å². The summed E-state index contributed by atoms with van der Waals surface area (Å²) in [6.45, 7) is 5.03. The summed E-state index contributed by atoms with van der Waals surface area (Å²) in [4.78, 5) is 45.6. The quantitative estimate of drug-likeness (QED) is 0.338. The predicted molar refractivity (Wildman–Crippen MR) is 145 cm³/mol. The number of carbonyl (C=O) groups is 2. The fourth-order valence-corrected chi connectivity index (χ4v) is 5.96. The highest BCUT2D eigenvalue weighted by Crippen LogP contribution is 2.31. The molecule has 1 aromatic heterocycles. The molecule has 2 aromatic carbocycles. The lowest BCUT2D eigenvalue weighted by molar-refractivity contribution is -0.134. The van der Waals surface area contributed by atoms with Gasteiger partial charge >= 0.3 is 0 Å². The molecule has 0 saturated carbocycles. The van der Waals surface area contributed by atoms with Gasteiger partial charge < -0.3 is 10.6 Å². The highest BCUT2D eigenvalue weighted by Gasteiger charge is 2.31. The van der Waals surface area contributed by atoms with Crippen LogP contribution in [0.1, 0.15) is 44.6 Å². The normalized spacial score (nSPS) is 15.2. The number of rotatable bonds is 8. The average Bonchev–Trinajstić information content (AvgIpc) is 2.86. The average molecular weight is 527 g/mol. The molecule has 0 bridgehead atoms. The molecule has 0 radical (unpaired) electrons. The summed E-state index contributed by atoms with van der Waals surface area (Å²) < 4.78 is 1.56. The molecule has 2 heterocycles. The van der Waals surface area contributed by atoms with Crippen LogP contribution in [0.4, 0.5) is 0 Å². The van der Waals surface area contributed by atoms with E-state index in [-0.39, 0.29) is 23.3 Å².